The smallest absolute Gasteiger partial charge is 0.0694 e. The Hall–Kier alpha value is -0.870. The second kappa shape index (κ2) is 4.33. The molecule has 0 aliphatic carbocycles. The molecule has 2 heterocycles. The number of hydrogen-bond acceptors (Lipinski definition) is 3. The predicted octanol–water partition coefficient (Wildman–Crippen LogP) is 1.03. The molecular formula is C11H19N3O. The van der Waals surface area contributed by atoms with Crippen LogP contribution in [0.4, 0.5) is 0 Å². The number of nitrogens with one attached hydrogen (secondary N) is 1. The molecular weight excluding hydrogens is 190 g/mol. The van der Waals surface area contributed by atoms with Gasteiger partial charge in [-0.05, 0) is 5.92 Å². The molecule has 1 aromatic rings. The summed E-state index contributed by atoms with van der Waals surface area (Å²) in [7, 11) is 1.97. The Morgan fingerprint density at radius 2 is 2.33 bits per heavy atom. The predicted molar refractivity (Wildman–Crippen MR) is 58.7 cm³/mol. The molecule has 1 aromatic heterocycles. The lowest BCUT2D eigenvalue weighted by Gasteiger charge is -2.27. The van der Waals surface area contributed by atoms with Crippen molar-refractivity contribution in [2.24, 2.45) is 7.05 Å². The summed E-state index contributed by atoms with van der Waals surface area (Å²) in [5, 5.41) is 7.94. The number of ether oxygens (including phenoxy) is 1. The molecule has 0 saturated carbocycles. The zero-order valence-electron chi connectivity index (χ0n) is 9.66. The van der Waals surface area contributed by atoms with Gasteiger partial charge in [-0.1, -0.05) is 13.8 Å². The summed E-state index contributed by atoms with van der Waals surface area (Å²) in [6.07, 6.45) is 2.10. The molecule has 0 unspecified atom stereocenters. The van der Waals surface area contributed by atoms with E-state index >= 15 is 0 Å². The van der Waals surface area contributed by atoms with Crippen molar-refractivity contribution in [2.45, 2.75) is 32.4 Å². The van der Waals surface area contributed by atoms with Crippen LogP contribution in [0.2, 0.25) is 0 Å². The fourth-order valence-corrected chi connectivity index (χ4v) is 1.79. The van der Waals surface area contributed by atoms with E-state index in [1.165, 1.54) is 11.3 Å². The Balaban J connectivity index is 1.98. The van der Waals surface area contributed by atoms with Crippen LogP contribution in [0.25, 0.3) is 0 Å². The summed E-state index contributed by atoms with van der Waals surface area (Å²) >= 11 is 0. The van der Waals surface area contributed by atoms with Gasteiger partial charge in [0.25, 0.3) is 0 Å². The van der Waals surface area contributed by atoms with Gasteiger partial charge in [-0.25, -0.2) is 0 Å². The molecule has 1 saturated heterocycles. The van der Waals surface area contributed by atoms with E-state index in [2.05, 4.69) is 30.5 Å². The van der Waals surface area contributed by atoms with Crippen LogP contribution in [0.5, 0.6) is 0 Å². The van der Waals surface area contributed by atoms with Crippen LogP contribution >= 0.6 is 0 Å². The van der Waals surface area contributed by atoms with Gasteiger partial charge in [0, 0.05) is 25.4 Å². The van der Waals surface area contributed by atoms with Crippen molar-refractivity contribution in [3.05, 3.63) is 17.5 Å². The number of rotatable bonds is 4. The zero-order chi connectivity index (χ0) is 10.8. The first-order valence-electron chi connectivity index (χ1n) is 5.50. The van der Waals surface area contributed by atoms with Gasteiger partial charge in [0.1, 0.15) is 0 Å². The minimum Gasteiger partial charge on any atom is -0.378 e. The lowest BCUT2D eigenvalue weighted by Crippen LogP contribution is -2.45. The fraction of sp³-hybridized carbons (Fsp3) is 0.727. The molecule has 1 N–H and O–H groups in total. The summed E-state index contributed by atoms with van der Waals surface area (Å²) in [5.41, 5.74) is 2.50. The van der Waals surface area contributed by atoms with Crippen LogP contribution in [0.3, 0.4) is 0 Å². The molecule has 2 rings (SSSR count). The van der Waals surface area contributed by atoms with Crippen molar-refractivity contribution >= 4 is 0 Å². The van der Waals surface area contributed by atoms with Gasteiger partial charge < -0.3 is 10.1 Å². The Morgan fingerprint density at radius 1 is 1.60 bits per heavy atom. The van der Waals surface area contributed by atoms with E-state index in [-0.39, 0.29) is 0 Å². The van der Waals surface area contributed by atoms with Gasteiger partial charge in [0.05, 0.1) is 24.9 Å². The van der Waals surface area contributed by atoms with Gasteiger partial charge in [0.2, 0.25) is 0 Å². The molecule has 1 fully saturated rings. The van der Waals surface area contributed by atoms with Crippen molar-refractivity contribution in [3.8, 4) is 0 Å². The maximum atomic E-state index is 5.12. The molecule has 0 atom stereocenters. The van der Waals surface area contributed by atoms with E-state index in [9.17, 15) is 0 Å². The molecule has 15 heavy (non-hydrogen) atoms. The van der Waals surface area contributed by atoms with Crippen molar-refractivity contribution in [1.82, 2.24) is 15.1 Å². The highest BCUT2D eigenvalue weighted by molar-refractivity contribution is 5.20. The molecule has 4 nitrogen and oxygen atoms in total. The molecule has 0 radical (unpaired) electrons. The largest absolute Gasteiger partial charge is 0.378 e. The molecule has 84 valence electrons. The number of hydrogen-bond donors (Lipinski definition) is 1. The first kappa shape index (κ1) is 10.6. The Labute approximate surface area is 90.6 Å². The highest BCUT2D eigenvalue weighted by Crippen LogP contribution is 2.17. The quantitative estimate of drug-likeness (QED) is 0.805. The normalized spacial score (nSPS) is 17.1. The number of aromatic nitrogens is 2. The minimum atomic E-state index is 0.487. The van der Waals surface area contributed by atoms with Crippen LogP contribution < -0.4 is 5.32 Å². The molecule has 1 aliphatic heterocycles. The SMILES string of the molecule is CC(C)c1nn(C)cc1CNC1COC1. The van der Waals surface area contributed by atoms with Gasteiger partial charge in [-0.15, -0.1) is 0 Å². The summed E-state index contributed by atoms with van der Waals surface area (Å²) in [6, 6.07) is 0.533. The van der Waals surface area contributed by atoms with E-state index < -0.39 is 0 Å². The van der Waals surface area contributed by atoms with E-state index in [1.54, 1.807) is 0 Å². The van der Waals surface area contributed by atoms with Gasteiger partial charge >= 0.3 is 0 Å². The highest BCUT2D eigenvalue weighted by Gasteiger charge is 2.18. The third kappa shape index (κ3) is 2.38. The van der Waals surface area contributed by atoms with E-state index in [4.69, 9.17) is 4.74 Å². The van der Waals surface area contributed by atoms with Crippen LogP contribution in [-0.2, 0) is 18.3 Å². The molecule has 0 spiro atoms. The highest BCUT2D eigenvalue weighted by atomic mass is 16.5. The number of aryl methyl sites for hydroxylation is 1. The van der Waals surface area contributed by atoms with Gasteiger partial charge in [-0.3, -0.25) is 4.68 Å². The van der Waals surface area contributed by atoms with Crippen molar-refractivity contribution in [2.75, 3.05) is 13.2 Å². The maximum absolute atomic E-state index is 5.12. The van der Waals surface area contributed by atoms with Crippen LogP contribution in [0.1, 0.15) is 31.0 Å². The second-order valence-electron chi connectivity index (χ2n) is 4.48. The first-order chi connectivity index (χ1) is 7.16. The van der Waals surface area contributed by atoms with Gasteiger partial charge in [-0.2, -0.15) is 5.10 Å². The molecule has 4 heteroatoms. The summed E-state index contributed by atoms with van der Waals surface area (Å²) in [6.45, 7) is 6.94. The second-order valence-corrected chi connectivity index (χ2v) is 4.48. The minimum absolute atomic E-state index is 0.487. The van der Waals surface area contributed by atoms with Crippen LogP contribution in [0, 0.1) is 0 Å². The average Bonchev–Trinajstić information content (AvgIpc) is 2.44. The van der Waals surface area contributed by atoms with Crippen LogP contribution in [-0.4, -0.2) is 29.0 Å². The monoisotopic (exact) mass is 209 g/mol. The van der Waals surface area contributed by atoms with Crippen LogP contribution in [0.15, 0.2) is 6.20 Å². The average molecular weight is 209 g/mol. The van der Waals surface area contributed by atoms with Gasteiger partial charge in [0.15, 0.2) is 0 Å². The summed E-state index contributed by atoms with van der Waals surface area (Å²) in [5.74, 6) is 0.487. The van der Waals surface area contributed by atoms with Crippen molar-refractivity contribution in [3.63, 3.8) is 0 Å². The first-order valence-corrected chi connectivity index (χ1v) is 5.50. The molecule has 1 aliphatic rings. The lowest BCUT2D eigenvalue weighted by atomic mass is 10.1. The van der Waals surface area contributed by atoms with E-state index in [1.807, 2.05) is 11.7 Å². The summed E-state index contributed by atoms with van der Waals surface area (Å²) in [4.78, 5) is 0. The Kier molecular flexibility index (Phi) is 3.07. The molecule has 0 bridgehead atoms. The fourth-order valence-electron chi connectivity index (χ4n) is 1.79. The topological polar surface area (TPSA) is 39.1 Å². The Bertz CT molecular complexity index is 329. The lowest BCUT2D eigenvalue weighted by molar-refractivity contribution is -0.00581. The number of nitrogens with zero attached hydrogens (tertiary/aromatic N) is 2. The maximum Gasteiger partial charge on any atom is 0.0694 e. The molecule has 0 aromatic carbocycles. The third-order valence-electron chi connectivity index (χ3n) is 2.70. The Morgan fingerprint density at radius 3 is 2.87 bits per heavy atom. The van der Waals surface area contributed by atoms with E-state index in [0.29, 0.717) is 12.0 Å². The summed E-state index contributed by atoms with van der Waals surface area (Å²) < 4.78 is 7.02. The van der Waals surface area contributed by atoms with Crippen molar-refractivity contribution < 1.29 is 4.74 Å². The standard InChI is InChI=1S/C11H19N3O/c1-8(2)11-9(5-14(3)13-11)4-12-10-6-15-7-10/h5,8,10,12H,4,6-7H2,1-3H3. The van der Waals surface area contributed by atoms with E-state index in [0.717, 1.165) is 19.8 Å². The molecule has 0 amide bonds. The zero-order valence-corrected chi connectivity index (χ0v) is 9.66. The third-order valence-corrected chi connectivity index (χ3v) is 2.70. The van der Waals surface area contributed by atoms with Crippen molar-refractivity contribution in [1.29, 1.82) is 0 Å².